The van der Waals surface area contributed by atoms with Gasteiger partial charge in [-0.3, -0.25) is 9.69 Å². The van der Waals surface area contributed by atoms with E-state index < -0.39 is 0 Å². The molecule has 4 nitrogen and oxygen atoms in total. The topological polar surface area (TPSA) is 43.8 Å². The number of aliphatic hydroxyl groups is 1. The Morgan fingerprint density at radius 3 is 2.17 bits per heavy atom. The lowest BCUT2D eigenvalue weighted by atomic mass is 9.81. The fourth-order valence-corrected chi connectivity index (χ4v) is 3.72. The number of amides is 1. The van der Waals surface area contributed by atoms with Crippen LogP contribution >= 0.6 is 0 Å². The van der Waals surface area contributed by atoms with Crippen molar-refractivity contribution < 1.29 is 9.90 Å². The summed E-state index contributed by atoms with van der Waals surface area (Å²) in [4.78, 5) is 17.1. The third-order valence-corrected chi connectivity index (χ3v) is 4.96. The van der Waals surface area contributed by atoms with Crippen LogP contribution < -0.4 is 0 Å². The molecule has 2 atom stereocenters. The number of carbonyl (C=O) groups excluding carboxylic acids is 1. The van der Waals surface area contributed by atoms with Crippen LogP contribution in [-0.2, 0) is 4.79 Å². The standard InChI is InChI=1S/C14H24N2O2/c1-9(2)15-7-11-3-4-12(8-15)16(11)14(18)10-5-13(17)6-10/h9-13,17H,3-8H2,1-2H3. The third kappa shape index (κ3) is 1.95. The summed E-state index contributed by atoms with van der Waals surface area (Å²) >= 11 is 0. The zero-order valence-electron chi connectivity index (χ0n) is 11.4. The Kier molecular flexibility index (Phi) is 3.10. The fraction of sp³-hybridized carbons (Fsp3) is 0.929. The maximum Gasteiger partial charge on any atom is 0.226 e. The van der Waals surface area contributed by atoms with Crippen molar-refractivity contribution in [3.05, 3.63) is 0 Å². The van der Waals surface area contributed by atoms with E-state index in [1.54, 1.807) is 0 Å². The molecular weight excluding hydrogens is 228 g/mol. The molecule has 2 bridgehead atoms. The van der Waals surface area contributed by atoms with Gasteiger partial charge in [-0.1, -0.05) is 0 Å². The summed E-state index contributed by atoms with van der Waals surface area (Å²) in [5.41, 5.74) is 0. The molecule has 3 rings (SSSR count). The van der Waals surface area contributed by atoms with Crippen molar-refractivity contribution in [3.8, 4) is 0 Å². The molecule has 2 heterocycles. The Hall–Kier alpha value is -0.610. The van der Waals surface area contributed by atoms with E-state index in [4.69, 9.17) is 0 Å². The van der Waals surface area contributed by atoms with Gasteiger partial charge in [-0.15, -0.1) is 0 Å². The average molecular weight is 252 g/mol. The third-order valence-electron chi connectivity index (χ3n) is 4.96. The zero-order chi connectivity index (χ0) is 12.9. The highest BCUT2D eigenvalue weighted by Crippen LogP contribution is 2.36. The van der Waals surface area contributed by atoms with Gasteiger partial charge < -0.3 is 10.0 Å². The molecule has 102 valence electrons. The van der Waals surface area contributed by atoms with Crippen LogP contribution in [0.25, 0.3) is 0 Å². The lowest BCUT2D eigenvalue weighted by molar-refractivity contribution is -0.148. The molecular formula is C14H24N2O2. The van der Waals surface area contributed by atoms with Crippen molar-refractivity contribution >= 4 is 5.91 Å². The van der Waals surface area contributed by atoms with E-state index in [0.29, 0.717) is 36.9 Å². The lowest BCUT2D eigenvalue weighted by Crippen LogP contribution is -2.59. The van der Waals surface area contributed by atoms with Gasteiger partial charge in [-0.05, 0) is 39.5 Å². The van der Waals surface area contributed by atoms with E-state index in [0.717, 1.165) is 25.9 Å². The second kappa shape index (κ2) is 4.49. The molecule has 1 saturated carbocycles. The number of hydrogen-bond acceptors (Lipinski definition) is 3. The molecule has 2 saturated heterocycles. The average Bonchev–Trinajstić information content (AvgIpc) is 2.54. The van der Waals surface area contributed by atoms with Crippen molar-refractivity contribution in [2.45, 2.75) is 63.8 Å². The van der Waals surface area contributed by atoms with E-state index in [-0.39, 0.29) is 12.0 Å². The molecule has 0 aromatic carbocycles. The Balaban J connectivity index is 1.66. The lowest BCUT2D eigenvalue weighted by Gasteiger charge is -2.45. The zero-order valence-corrected chi connectivity index (χ0v) is 11.4. The normalized spacial score (nSPS) is 40.1. The molecule has 3 aliphatic rings. The van der Waals surface area contributed by atoms with Gasteiger partial charge in [-0.2, -0.15) is 0 Å². The molecule has 0 aromatic rings. The Bertz CT molecular complexity index is 325. The van der Waals surface area contributed by atoms with Crippen LogP contribution in [0.5, 0.6) is 0 Å². The molecule has 4 heteroatoms. The maximum absolute atomic E-state index is 12.5. The van der Waals surface area contributed by atoms with Crippen molar-refractivity contribution in [1.29, 1.82) is 0 Å². The summed E-state index contributed by atoms with van der Waals surface area (Å²) in [6, 6.07) is 1.43. The molecule has 2 unspecified atom stereocenters. The summed E-state index contributed by atoms with van der Waals surface area (Å²) in [7, 11) is 0. The first-order chi connectivity index (χ1) is 8.56. The molecule has 18 heavy (non-hydrogen) atoms. The van der Waals surface area contributed by atoms with Crippen LogP contribution in [-0.4, -0.2) is 58.1 Å². The van der Waals surface area contributed by atoms with Crippen LogP contribution in [0, 0.1) is 5.92 Å². The smallest absolute Gasteiger partial charge is 0.226 e. The first-order valence-electron chi connectivity index (χ1n) is 7.30. The minimum Gasteiger partial charge on any atom is -0.393 e. The summed E-state index contributed by atoms with van der Waals surface area (Å²) < 4.78 is 0. The first-order valence-corrected chi connectivity index (χ1v) is 7.30. The predicted molar refractivity (Wildman–Crippen MR) is 69.1 cm³/mol. The van der Waals surface area contributed by atoms with E-state index in [1.165, 1.54) is 0 Å². The van der Waals surface area contributed by atoms with Crippen LogP contribution in [0.4, 0.5) is 0 Å². The molecule has 0 radical (unpaired) electrons. The first kappa shape index (κ1) is 12.4. The molecule has 0 aromatic heterocycles. The number of rotatable bonds is 2. The van der Waals surface area contributed by atoms with Gasteiger partial charge in [0.2, 0.25) is 5.91 Å². The van der Waals surface area contributed by atoms with Crippen molar-refractivity contribution in [1.82, 2.24) is 9.80 Å². The van der Waals surface area contributed by atoms with Crippen LogP contribution in [0.1, 0.15) is 39.5 Å². The van der Waals surface area contributed by atoms with Crippen LogP contribution in [0.15, 0.2) is 0 Å². The fourth-order valence-electron chi connectivity index (χ4n) is 3.72. The minimum atomic E-state index is -0.228. The summed E-state index contributed by atoms with van der Waals surface area (Å²) in [6.45, 7) is 6.54. The maximum atomic E-state index is 12.5. The number of likely N-dealkylation sites (tertiary alicyclic amines) is 1. The number of hydrogen-bond donors (Lipinski definition) is 1. The molecule has 3 fully saturated rings. The quantitative estimate of drug-likeness (QED) is 0.792. The highest BCUT2D eigenvalue weighted by Gasteiger charge is 2.46. The summed E-state index contributed by atoms with van der Waals surface area (Å²) in [5, 5.41) is 9.35. The summed E-state index contributed by atoms with van der Waals surface area (Å²) in [5.74, 6) is 0.421. The second-order valence-electron chi connectivity index (χ2n) is 6.50. The van der Waals surface area contributed by atoms with E-state index in [9.17, 15) is 9.90 Å². The van der Waals surface area contributed by atoms with Crippen molar-refractivity contribution in [3.63, 3.8) is 0 Å². The van der Waals surface area contributed by atoms with Gasteiger partial charge in [-0.25, -0.2) is 0 Å². The van der Waals surface area contributed by atoms with E-state index in [2.05, 4.69) is 23.6 Å². The Morgan fingerprint density at radius 2 is 1.72 bits per heavy atom. The van der Waals surface area contributed by atoms with Crippen molar-refractivity contribution in [2.75, 3.05) is 13.1 Å². The highest BCUT2D eigenvalue weighted by molar-refractivity contribution is 5.81. The SMILES string of the molecule is CC(C)N1CC2CCC(C1)N2C(=O)C1CC(O)C1. The molecule has 2 aliphatic heterocycles. The van der Waals surface area contributed by atoms with Gasteiger partial charge in [0.25, 0.3) is 0 Å². The van der Waals surface area contributed by atoms with Gasteiger partial charge in [0.05, 0.1) is 6.10 Å². The van der Waals surface area contributed by atoms with Crippen LogP contribution in [0.2, 0.25) is 0 Å². The van der Waals surface area contributed by atoms with Gasteiger partial charge in [0.1, 0.15) is 0 Å². The number of aliphatic hydroxyl groups excluding tert-OH is 1. The monoisotopic (exact) mass is 252 g/mol. The Morgan fingerprint density at radius 1 is 1.17 bits per heavy atom. The largest absolute Gasteiger partial charge is 0.393 e. The van der Waals surface area contributed by atoms with Gasteiger partial charge in [0.15, 0.2) is 0 Å². The van der Waals surface area contributed by atoms with E-state index >= 15 is 0 Å². The van der Waals surface area contributed by atoms with E-state index in [1.807, 2.05) is 0 Å². The highest BCUT2D eigenvalue weighted by atomic mass is 16.3. The van der Waals surface area contributed by atoms with Crippen LogP contribution in [0.3, 0.4) is 0 Å². The molecule has 0 spiro atoms. The number of fused-ring (bicyclic) bond motifs is 2. The van der Waals surface area contributed by atoms with Gasteiger partial charge >= 0.3 is 0 Å². The predicted octanol–water partition coefficient (Wildman–Crippen LogP) is 0.841. The summed E-state index contributed by atoms with van der Waals surface area (Å²) in [6.07, 6.45) is 3.46. The number of carbonyl (C=O) groups is 1. The second-order valence-corrected chi connectivity index (χ2v) is 6.50. The Labute approximate surface area is 109 Å². The minimum absolute atomic E-state index is 0.105. The number of nitrogens with zero attached hydrogens (tertiary/aromatic N) is 2. The van der Waals surface area contributed by atoms with Crippen molar-refractivity contribution in [2.24, 2.45) is 5.92 Å². The number of piperazine rings is 1. The molecule has 1 amide bonds. The van der Waals surface area contributed by atoms with Gasteiger partial charge in [0, 0.05) is 37.1 Å². The molecule has 1 N–H and O–H groups in total. The molecule has 1 aliphatic carbocycles.